The molecule has 0 aromatic carbocycles. The molecule has 3 rings (SSSR count). The lowest BCUT2D eigenvalue weighted by Crippen LogP contribution is -2.45. The van der Waals surface area contributed by atoms with Crippen molar-refractivity contribution in [1.82, 2.24) is 34.8 Å². The normalized spacial score (nSPS) is 17.6. The number of hydrogen-bond acceptors (Lipinski definition) is 4. The predicted octanol–water partition coefficient (Wildman–Crippen LogP) is 1.71. The molecule has 1 aromatic rings. The van der Waals surface area contributed by atoms with Crippen molar-refractivity contribution < 1.29 is 9.59 Å². The Hall–Kier alpha value is -2.32. The van der Waals surface area contributed by atoms with Crippen LogP contribution >= 0.6 is 0 Å². The lowest BCUT2D eigenvalue weighted by molar-refractivity contribution is 0.154. The average Bonchev–Trinajstić information content (AvgIpc) is 3.10. The first kappa shape index (κ1) is 20.4. The molecule has 0 bridgehead atoms. The molecule has 9 heteroatoms. The Morgan fingerprint density at radius 1 is 1.11 bits per heavy atom. The molecule has 0 atom stereocenters. The molecule has 2 aliphatic heterocycles. The smallest absolute Gasteiger partial charge is 0.319 e. The summed E-state index contributed by atoms with van der Waals surface area (Å²) in [7, 11) is 3.57. The summed E-state index contributed by atoms with van der Waals surface area (Å²) in [4.78, 5) is 29.8. The maximum absolute atomic E-state index is 12.4. The minimum atomic E-state index is -0.0213. The molecule has 0 unspecified atom stereocenters. The minimum Gasteiger partial charge on any atom is -0.338 e. The van der Waals surface area contributed by atoms with Crippen LogP contribution in [0.25, 0.3) is 0 Å². The fourth-order valence-corrected chi connectivity index (χ4v) is 3.85. The van der Waals surface area contributed by atoms with Gasteiger partial charge < -0.3 is 24.6 Å². The molecule has 1 N–H and O–H groups in total. The summed E-state index contributed by atoms with van der Waals surface area (Å²) >= 11 is 0. The van der Waals surface area contributed by atoms with Crippen LogP contribution in [0.3, 0.4) is 0 Å². The highest BCUT2D eigenvalue weighted by Gasteiger charge is 2.31. The number of nitrogens with one attached hydrogen (secondary N) is 1. The SMILES string of the molecule is CC(C)CCNC(=O)N1CCn2c(nnc2C2CCN(C(=O)N(C)C)CC2)C1. The summed E-state index contributed by atoms with van der Waals surface area (Å²) in [5.41, 5.74) is 0. The Morgan fingerprint density at radius 2 is 1.82 bits per heavy atom. The number of carbonyl (C=O) groups excluding carboxylic acids is 2. The molecule has 0 spiro atoms. The number of amides is 4. The van der Waals surface area contributed by atoms with Gasteiger partial charge in [0.05, 0.1) is 6.54 Å². The molecule has 1 saturated heterocycles. The van der Waals surface area contributed by atoms with Crippen molar-refractivity contribution in [2.45, 2.75) is 52.1 Å². The molecule has 28 heavy (non-hydrogen) atoms. The third-order valence-electron chi connectivity index (χ3n) is 5.58. The van der Waals surface area contributed by atoms with E-state index in [9.17, 15) is 9.59 Å². The van der Waals surface area contributed by atoms with E-state index < -0.39 is 0 Å². The highest BCUT2D eigenvalue weighted by molar-refractivity contribution is 5.74. The van der Waals surface area contributed by atoms with Crippen molar-refractivity contribution in [3.63, 3.8) is 0 Å². The van der Waals surface area contributed by atoms with Gasteiger partial charge in [-0.3, -0.25) is 0 Å². The number of nitrogens with zero attached hydrogens (tertiary/aromatic N) is 6. The van der Waals surface area contributed by atoms with Crippen molar-refractivity contribution in [3.8, 4) is 0 Å². The van der Waals surface area contributed by atoms with Crippen LogP contribution in [0, 0.1) is 5.92 Å². The van der Waals surface area contributed by atoms with Gasteiger partial charge in [-0.1, -0.05) is 13.8 Å². The first-order valence-electron chi connectivity index (χ1n) is 10.3. The van der Waals surface area contributed by atoms with Gasteiger partial charge in [-0.2, -0.15) is 0 Å². The minimum absolute atomic E-state index is 0.0213. The highest BCUT2D eigenvalue weighted by Crippen LogP contribution is 2.28. The molecule has 0 radical (unpaired) electrons. The number of urea groups is 2. The molecule has 0 saturated carbocycles. The van der Waals surface area contributed by atoms with Crippen molar-refractivity contribution in [3.05, 3.63) is 11.6 Å². The van der Waals surface area contributed by atoms with E-state index >= 15 is 0 Å². The quantitative estimate of drug-likeness (QED) is 0.847. The second-order valence-electron chi connectivity index (χ2n) is 8.40. The molecular weight excluding hydrogens is 358 g/mol. The van der Waals surface area contributed by atoms with Gasteiger partial charge in [-0.15, -0.1) is 10.2 Å². The number of aromatic nitrogens is 3. The van der Waals surface area contributed by atoms with Crippen LogP contribution in [0.1, 0.15) is 50.7 Å². The van der Waals surface area contributed by atoms with Crippen LogP contribution in [-0.2, 0) is 13.1 Å². The maximum atomic E-state index is 12.4. The molecule has 156 valence electrons. The zero-order chi connectivity index (χ0) is 20.3. The third kappa shape index (κ3) is 4.56. The Balaban J connectivity index is 1.56. The molecular formula is C19H33N7O2. The van der Waals surface area contributed by atoms with Gasteiger partial charge in [-0.25, -0.2) is 9.59 Å². The molecule has 3 heterocycles. The first-order chi connectivity index (χ1) is 13.4. The van der Waals surface area contributed by atoms with Crippen molar-refractivity contribution in [2.24, 2.45) is 5.92 Å². The van der Waals surface area contributed by atoms with Crippen LogP contribution in [0.5, 0.6) is 0 Å². The van der Waals surface area contributed by atoms with Gasteiger partial charge in [0.15, 0.2) is 5.82 Å². The average molecular weight is 392 g/mol. The predicted molar refractivity (Wildman–Crippen MR) is 106 cm³/mol. The second-order valence-corrected chi connectivity index (χ2v) is 8.40. The molecule has 2 aliphatic rings. The zero-order valence-corrected chi connectivity index (χ0v) is 17.5. The monoisotopic (exact) mass is 391 g/mol. The van der Waals surface area contributed by atoms with Crippen LogP contribution in [0.15, 0.2) is 0 Å². The largest absolute Gasteiger partial charge is 0.338 e. The van der Waals surface area contributed by atoms with E-state index in [2.05, 4.69) is 33.9 Å². The van der Waals surface area contributed by atoms with E-state index in [1.165, 1.54) is 0 Å². The third-order valence-corrected chi connectivity index (χ3v) is 5.58. The van der Waals surface area contributed by atoms with Crippen molar-refractivity contribution >= 4 is 12.1 Å². The maximum Gasteiger partial charge on any atom is 0.319 e. The Kier molecular flexibility index (Phi) is 6.41. The number of piperidine rings is 1. The van der Waals surface area contributed by atoms with Gasteiger partial charge >= 0.3 is 12.1 Å². The fraction of sp³-hybridized carbons (Fsp3) is 0.789. The standard InChI is InChI=1S/C19H33N7O2/c1-14(2)5-8-20-18(27)25-11-12-26-16(13-25)21-22-17(26)15-6-9-24(10-7-15)19(28)23(3)4/h14-15H,5-13H2,1-4H3,(H,20,27). The number of likely N-dealkylation sites (tertiary alicyclic amines) is 1. The summed E-state index contributed by atoms with van der Waals surface area (Å²) in [5.74, 6) is 2.75. The van der Waals surface area contributed by atoms with E-state index in [4.69, 9.17) is 0 Å². The van der Waals surface area contributed by atoms with Crippen LogP contribution in [0.2, 0.25) is 0 Å². The van der Waals surface area contributed by atoms with E-state index in [-0.39, 0.29) is 12.1 Å². The first-order valence-corrected chi connectivity index (χ1v) is 10.3. The number of carbonyl (C=O) groups is 2. The van der Waals surface area contributed by atoms with Crippen LogP contribution in [-0.4, -0.2) is 81.8 Å². The number of fused-ring (bicyclic) bond motifs is 1. The van der Waals surface area contributed by atoms with Gasteiger partial charge in [0.2, 0.25) is 0 Å². The summed E-state index contributed by atoms with van der Waals surface area (Å²) in [6, 6.07) is 0.0489. The Bertz CT molecular complexity index is 692. The van der Waals surface area contributed by atoms with Gasteiger partial charge in [0.25, 0.3) is 0 Å². The Labute approximate surface area is 167 Å². The van der Waals surface area contributed by atoms with Gasteiger partial charge in [-0.05, 0) is 25.2 Å². The summed E-state index contributed by atoms with van der Waals surface area (Å²) in [6.07, 6.45) is 2.78. The summed E-state index contributed by atoms with van der Waals surface area (Å²) in [6.45, 7) is 8.39. The molecule has 1 aromatic heterocycles. The van der Waals surface area contributed by atoms with E-state index in [0.717, 1.165) is 50.5 Å². The van der Waals surface area contributed by atoms with E-state index in [1.807, 2.05) is 9.80 Å². The fourth-order valence-electron chi connectivity index (χ4n) is 3.85. The Morgan fingerprint density at radius 3 is 2.46 bits per heavy atom. The topological polar surface area (TPSA) is 86.6 Å². The molecule has 0 aliphatic carbocycles. The van der Waals surface area contributed by atoms with E-state index in [1.54, 1.807) is 19.0 Å². The van der Waals surface area contributed by atoms with Gasteiger partial charge in [0, 0.05) is 52.7 Å². The summed E-state index contributed by atoms with van der Waals surface area (Å²) in [5, 5.41) is 11.8. The number of rotatable bonds is 4. The molecule has 4 amide bonds. The lowest BCUT2D eigenvalue weighted by Gasteiger charge is -2.34. The molecule has 1 fully saturated rings. The number of hydrogen-bond donors (Lipinski definition) is 1. The van der Waals surface area contributed by atoms with E-state index in [0.29, 0.717) is 31.5 Å². The molecule has 9 nitrogen and oxygen atoms in total. The van der Waals surface area contributed by atoms with Crippen LogP contribution in [0.4, 0.5) is 9.59 Å². The highest BCUT2D eigenvalue weighted by atomic mass is 16.2. The zero-order valence-electron chi connectivity index (χ0n) is 17.5. The summed E-state index contributed by atoms with van der Waals surface area (Å²) < 4.78 is 2.17. The lowest BCUT2D eigenvalue weighted by atomic mass is 9.96. The van der Waals surface area contributed by atoms with Crippen molar-refractivity contribution in [1.29, 1.82) is 0 Å². The van der Waals surface area contributed by atoms with Crippen molar-refractivity contribution in [2.75, 3.05) is 40.3 Å². The van der Waals surface area contributed by atoms with Gasteiger partial charge in [0.1, 0.15) is 5.82 Å². The second kappa shape index (κ2) is 8.79. The van der Waals surface area contributed by atoms with Crippen LogP contribution < -0.4 is 5.32 Å².